The Morgan fingerprint density at radius 1 is 1.04 bits per heavy atom. The van der Waals surface area contributed by atoms with E-state index in [0.29, 0.717) is 30.3 Å². The van der Waals surface area contributed by atoms with Gasteiger partial charge in [0.05, 0.1) is 12.1 Å². The van der Waals surface area contributed by atoms with Crippen molar-refractivity contribution >= 4 is 11.5 Å². The Morgan fingerprint density at radius 2 is 1.79 bits per heavy atom. The lowest BCUT2D eigenvalue weighted by molar-refractivity contribution is -0.137. The Hall–Kier alpha value is -2.70. The number of hydrogen-bond donors (Lipinski definition) is 1. The van der Waals surface area contributed by atoms with Gasteiger partial charge in [-0.25, -0.2) is 0 Å². The third-order valence-corrected chi connectivity index (χ3v) is 3.51. The monoisotopic (exact) mass is 337 g/mol. The average molecular weight is 337 g/mol. The molecular formula is C17H14F3NO3. The lowest BCUT2D eigenvalue weighted by atomic mass is 10.1. The summed E-state index contributed by atoms with van der Waals surface area (Å²) in [6.07, 6.45) is -4.42. The molecule has 1 heterocycles. The minimum absolute atomic E-state index is 0.124. The number of Topliss-reactive ketones (excluding diaryl/α,β-unsaturated/α-hetero) is 1. The van der Waals surface area contributed by atoms with Crippen LogP contribution >= 0.6 is 0 Å². The molecule has 0 aliphatic carbocycles. The first kappa shape index (κ1) is 16.2. The van der Waals surface area contributed by atoms with Crippen molar-refractivity contribution in [2.45, 2.75) is 6.18 Å². The number of fused-ring (bicyclic) bond motifs is 1. The first-order valence-corrected chi connectivity index (χ1v) is 7.27. The number of halogens is 3. The number of benzene rings is 2. The van der Waals surface area contributed by atoms with Crippen molar-refractivity contribution in [3.63, 3.8) is 0 Å². The van der Waals surface area contributed by atoms with Crippen molar-refractivity contribution < 1.29 is 27.4 Å². The zero-order chi connectivity index (χ0) is 17.2. The van der Waals surface area contributed by atoms with Crippen LogP contribution in [0, 0.1) is 0 Å². The van der Waals surface area contributed by atoms with E-state index in [2.05, 4.69) is 5.32 Å². The number of alkyl halides is 3. The van der Waals surface area contributed by atoms with E-state index in [1.54, 1.807) is 18.2 Å². The molecule has 0 saturated heterocycles. The largest absolute Gasteiger partial charge is 0.486 e. The van der Waals surface area contributed by atoms with Crippen LogP contribution in [0.25, 0.3) is 0 Å². The highest BCUT2D eigenvalue weighted by Crippen LogP contribution is 2.32. The van der Waals surface area contributed by atoms with Crippen molar-refractivity contribution in [3.8, 4) is 11.5 Å². The van der Waals surface area contributed by atoms with Gasteiger partial charge in [0.25, 0.3) is 0 Å². The van der Waals surface area contributed by atoms with Gasteiger partial charge in [0.15, 0.2) is 17.3 Å². The quantitative estimate of drug-likeness (QED) is 0.863. The molecule has 0 fully saturated rings. The third kappa shape index (κ3) is 3.61. The number of anilines is 1. The fourth-order valence-electron chi connectivity index (χ4n) is 2.31. The van der Waals surface area contributed by atoms with Crippen LogP contribution in [0.3, 0.4) is 0 Å². The van der Waals surface area contributed by atoms with Crippen molar-refractivity contribution in [1.82, 2.24) is 0 Å². The summed E-state index contributed by atoms with van der Waals surface area (Å²) >= 11 is 0. The Kier molecular flexibility index (Phi) is 4.33. The number of carbonyl (C=O) groups excluding carboxylic acids is 1. The van der Waals surface area contributed by atoms with Crippen LogP contribution < -0.4 is 14.8 Å². The number of ketones is 1. The maximum atomic E-state index is 12.7. The predicted octanol–water partition coefficient (Wildman–Crippen LogP) is 3.77. The van der Waals surface area contributed by atoms with Gasteiger partial charge in [0.2, 0.25) is 0 Å². The van der Waals surface area contributed by atoms with Crippen LogP contribution in [0.2, 0.25) is 0 Å². The molecule has 0 atom stereocenters. The summed E-state index contributed by atoms with van der Waals surface area (Å²) in [5.74, 6) is 0.805. The Morgan fingerprint density at radius 3 is 2.54 bits per heavy atom. The second-order valence-electron chi connectivity index (χ2n) is 5.21. The summed E-state index contributed by atoms with van der Waals surface area (Å²) < 4.78 is 48.8. The van der Waals surface area contributed by atoms with Crippen LogP contribution in [0.15, 0.2) is 42.5 Å². The van der Waals surface area contributed by atoms with E-state index in [9.17, 15) is 18.0 Å². The Balaban J connectivity index is 1.68. The average Bonchev–Trinajstić information content (AvgIpc) is 2.59. The number of ether oxygens (including phenoxy) is 2. The number of nitrogens with one attached hydrogen (secondary N) is 1. The molecule has 0 bridgehead atoms. The van der Waals surface area contributed by atoms with Crippen molar-refractivity contribution in [1.29, 1.82) is 0 Å². The minimum atomic E-state index is -4.42. The molecule has 1 aliphatic heterocycles. The standard InChI is InChI=1S/C17H14F3NO3/c18-17(19,20)12-2-1-3-13(9-12)21-10-14(22)11-4-5-15-16(8-11)24-7-6-23-15/h1-5,8-9,21H,6-7,10H2. The lowest BCUT2D eigenvalue weighted by Crippen LogP contribution is -2.17. The van der Waals surface area contributed by atoms with E-state index in [4.69, 9.17) is 9.47 Å². The molecule has 1 aliphatic rings. The van der Waals surface area contributed by atoms with Crippen molar-refractivity contribution in [2.24, 2.45) is 0 Å². The van der Waals surface area contributed by atoms with Gasteiger partial charge in [0.1, 0.15) is 13.2 Å². The predicted molar refractivity (Wildman–Crippen MR) is 81.7 cm³/mol. The zero-order valence-corrected chi connectivity index (χ0v) is 12.5. The molecule has 2 aromatic carbocycles. The topological polar surface area (TPSA) is 47.6 Å². The molecule has 0 aromatic heterocycles. The highest BCUT2D eigenvalue weighted by atomic mass is 19.4. The van der Waals surface area contributed by atoms with Gasteiger partial charge < -0.3 is 14.8 Å². The van der Waals surface area contributed by atoms with Gasteiger partial charge in [-0.1, -0.05) is 6.07 Å². The molecule has 0 saturated carbocycles. The molecule has 0 amide bonds. The van der Waals surface area contributed by atoms with Crippen molar-refractivity contribution in [2.75, 3.05) is 25.1 Å². The molecule has 0 spiro atoms. The third-order valence-electron chi connectivity index (χ3n) is 3.51. The highest BCUT2D eigenvalue weighted by molar-refractivity contribution is 5.99. The van der Waals surface area contributed by atoms with Crippen LogP contribution in [0.5, 0.6) is 11.5 Å². The van der Waals surface area contributed by atoms with E-state index in [0.717, 1.165) is 12.1 Å². The van der Waals surface area contributed by atoms with E-state index < -0.39 is 11.7 Å². The van der Waals surface area contributed by atoms with Crippen LogP contribution in [0.1, 0.15) is 15.9 Å². The van der Waals surface area contributed by atoms with Crippen LogP contribution in [-0.4, -0.2) is 25.5 Å². The second kappa shape index (κ2) is 6.43. The smallest absolute Gasteiger partial charge is 0.416 e. The first-order valence-electron chi connectivity index (χ1n) is 7.27. The maximum absolute atomic E-state index is 12.7. The Labute approximate surface area is 136 Å². The molecule has 126 valence electrons. The summed E-state index contributed by atoms with van der Waals surface area (Å²) in [6, 6.07) is 9.54. The summed E-state index contributed by atoms with van der Waals surface area (Å²) in [5.41, 5.74) is -0.131. The summed E-state index contributed by atoms with van der Waals surface area (Å²) in [4.78, 5) is 12.2. The fraction of sp³-hybridized carbons (Fsp3) is 0.235. The number of carbonyl (C=O) groups is 1. The van der Waals surface area contributed by atoms with Gasteiger partial charge in [-0.15, -0.1) is 0 Å². The van der Waals surface area contributed by atoms with Crippen LogP contribution in [-0.2, 0) is 6.18 Å². The molecule has 0 unspecified atom stereocenters. The summed E-state index contributed by atoms with van der Waals surface area (Å²) in [6.45, 7) is 0.742. The first-order chi connectivity index (χ1) is 11.4. The number of rotatable bonds is 4. The van der Waals surface area contributed by atoms with Gasteiger partial charge in [-0.3, -0.25) is 4.79 Å². The second-order valence-corrected chi connectivity index (χ2v) is 5.21. The maximum Gasteiger partial charge on any atom is 0.416 e. The molecular weight excluding hydrogens is 323 g/mol. The zero-order valence-electron chi connectivity index (χ0n) is 12.5. The fourth-order valence-corrected chi connectivity index (χ4v) is 2.31. The van der Waals surface area contributed by atoms with Gasteiger partial charge in [0, 0.05) is 11.3 Å². The summed E-state index contributed by atoms with van der Waals surface area (Å²) in [7, 11) is 0. The van der Waals surface area contributed by atoms with Gasteiger partial charge in [-0.2, -0.15) is 13.2 Å². The van der Waals surface area contributed by atoms with Gasteiger partial charge in [-0.05, 0) is 36.4 Å². The van der Waals surface area contributed by atoms with Crippen molar-refractivity contribution in [3.05, 3.63) is 53.6 Å². The molecule has 4 nitrogen and oxygen atoms in total. The van der Waals surface area contributed by atoms with E-state index in [-0.39, 0.29) is 18.0 Å². The van der Waals surface area contributed by atoms with E-state index >= 15 is 0 Å². The van der Waals surface area contributed by atoms with Gasteiger partial charge >= 0.3 is 6.18 Å². The molecule has 2 aromatic rings. The summed E-state index contributed by atoms with van der Waals surface area (Å²) in [5, 5.41) is 2.71. The molecule has 24 heavy (non-hydrogen) atoms. The van der Waals surface area contributed by atoms with Crippen LogP contribution in [0.4, 0.5) is 18.9 Å². The van der Waals surface area contributed by atoms with E-state index in [1.807, 2.05) is 0 Å². The number of hydrogen-bond acceptors (Lipinski definition) is 4. The molecule has 7 heteroatoms. The normalized spacial score (nSPS) is 13.5. The SMILES string of the molecule is O=C(CNc1cccc(C(F)(F)F)c1)c1ccc2c(c1)OCCO2. The highest BCUT2D eigenvalue weighted by Gasteiger charge is 2.30. The molecule has 3 rings (SSSR count). The Bertz CT molecular complexity index is 759. The minimum Gasteiger partial charge on any atom is -0.486 e. The molecule has 1 N–H and O–H groups in total. The van der Waals surface area contributed by atoms with E-state index in [1.165, 1.54) is 12.1 Å². The molecule has 0 radical (unpaired) electrons. The lowest BCUT2D eigenvalue weighted by Gasteiger charge is -2.18.